The zero-order chi connectivity index (χ0) is 21.0. The number of anilines is 1. The fourth-order valence-corrected chi connectivity index (χ4v) is 2.19. The summed E-state index contributed by atoms with van der Waals surface area (Å²) in [6.45, 7) is -1.51. The largest absolute Gasteiger partial charge is 0.405 e. The molecule has 0 radical (unpaired) electrons. The number of rotatable bonds is 5. The van der Waals surface area contributed by atoms with Crippen LogP contribution in [0.2, 0.25) is 0 Å². The van der Waals surface area contributed by atoms with Crippen LogP contribution in [0, 0.1) is 5.82 Å². The Labute approximate surface area is 160 Å². The summed E-state index contributed by atoms with van der Waals surface area (Å²) in [6, 6.07) is 11.1. The van der Waals surface area contributed by atoms with E-state index in [2.05, 4.69) is 20.7 Å². The molecule has 2 amide bonds. The average Bonchev–Trinajstić information content (AvgIpc) is 3.16. The van der Waals surface area contributed by atoms with Crippen molar-refractivity contribution in [2.45, 2.75) is 6.18 Å². The second-order valence-electron chi connectivity index (χ2n) is 5.71. The Hall–Kier alpha value is -3.83. The number of hydrogen-bond donors (Lipinski definition) is 2. The van der Waals surface area contributed by atoms with Gasteiger partial charge in [0.25, 0.3) is 17.6 Å². The number of nitrogens with one attached hydrogen (secondary N) is 2. The summed E-state index contributed by atoms with van der Waals surface area (Å²) in [7, 11) is 0. The molecule has 0 aliphatic carbocycles. The molecule has 0 spiro atoms. The number of aromatic nitrogens is 4. The van der Waals surface area contributed by atoms with E-state index >= 15 is 0 Å². The molecule has 3 rings (SSSR count). The van der Waals surface area contributed by atoms with Gasteiger partial charge in [-0.3, -0.25) is 9.59 Å². The Kier molecular flexibility index (Phi) is 5.52. The van der Waals surface area contributed by atoms with E-state index in [0.29, 0.717) is 11.4 Å². The molecule has 0 bridgehead atoms. The summed E-state index contributed by atoms with van der Waals surface area (Å²) < 4.78 is 49.6. The molecule has 0 aliphatic rings. The number of carbonyl (C=O) groups excluding carboxylic acids is 2. The predicted octanol–water partition coefficient (Wildman–Crippen LogP) is 2.35. The van der Waals surface area contributed by atoms with Crippen LogP contribution >= 0.6 is 0 Å². The third kappa shape index (κ3) is 5.34. The van der Waals surface area contributed by atoms with Crippen molar-refractivity contribution in [2.75, 3.05) is 11.9 Å². The second-order valence-corrected chi connectivity index (χ2v) is 5.71. The van der Waals surface area contributed by atoms with Crippen LogP contribution in [0.15, 0.2) is 48.5 Å². The molecule has 2 N–H and O–H groups in total. The van der Waals surface area contributed by atoms with Crippen molar-refractivity contribution >= 4 is 17.5 Å². The standard InChI is InChI=1S/C17H12F4N6O2/c18-11-3-1-2-10(8-11)15(28)23-12-4-6-13(7-5-12)27-25-14(24-26-27)16(29)22-9-17(19,20)21/h1-8H,9H2,(H,22,29)(H,23,28). The Bertz CT molecular complexity index is 1030. The van der Waals surface area contributed by atoms with E-state index in [1.165, 1.54) is 42.5 Å². The van der Waals surface area contributed by atoms with Crippen molar-refractivity contribution in [1.29, 1.82) is 0 Å². The third-order valence-corrected chi connectivity index (χ3v) is 3.51. The van der Waals surface area contributed by atoms with E-state index < -0.39 is 36.2 Å². The lowest BCUT2D eigenvalue weighted by Crippen LogP contribution is -2.34. The predicted molar refractivity (Wildman–Crippen MR) is 91.9 cm³/mol. The fraction of sp³-hybridized carbons (Fsp3) is 0.118. The molecule has 3 aromatic rings. The van der Waals surface area contributed by atoms with Gasteiger partial charge in [0.15, 0.2) is 0 Å². The molecule has 8 nitrogen and oxygen atoms in total. The van der Waals surface area contributed by atoms with E-state index in [1.807, 2.05) is 0 Å². The van der Waals surface area contributed by atoms with Crippen LogP contribution in [0.25, 0.3) is 5.69 Å². The lowest BCUT2D eigenvalue weighted by Gasteiger charge is -2.06. The zero-order valence-electron chi connectivity index (χ0n) is 14.4. The fourth-order valence-electron chi connectivity index (χ4n) is 2.19. The maximum Gasteiger partial charge on any atom is 0.405 e. The van der Waals surface area contributed by atoms with Crippen molar-refractivity contribution in [1.82, 2.24) is 25.5 Å². The van der Waals surface area contributed by atoms with Crippen molar-refractivity contribution in [3.05, 3.63) is 65.7 Å². The van der Waals surface area contributed by atoms with E-state index in [9.17, 15) is 27.2 Å². The van der Waals surface area contributed by atoms with E-state index in [-0.39, 0.29) is 5.56 Å². The molecule has 0 aliphatic heterocycles. The lowest BCUT2D eigenvalue weighted by molar-refractivity contribution is -0.123. The molecule has 1 heterocycles. The first kappa shape index (κ1) is 19.9. The monoisotopic (exact) mass is 408 g/mol. The number of tetrazole rings is 1. The molecule has 12 heteroatoms. The normalized spacial score (nSPS) is 11.2. The summed E-state index contributed by atoms with van der Waals surface area (Å²) in [5, 5.41) is 14.9. The zero-order valence-corrected chi connectivity index (χ0v) is 14.4. The maximum absolute atomic E-state index is 13.2. The van der Waals surface area contributed by atoms with Crippen LogP contribution < -0.4 is 10.6 Å². The minimum atomic E-state index is -4.56. The molecule has 0 unspecified atom stereocenters. The summed E-state index contributed by atoms with van der Waals surface area (Å²) in [6.07, 6.45) is -4.56. The number of halogens is 4. The minimum absolute atomic E-state index is 0.140. The van der Waals surface area contributed by atoms with Gasteiger partial charge in [-0.05, 0) is 47.7 Å². The SMILES string of the molecule is O=C(Nc1ccc(-n2nnc(C(=O)NCC(F)(F)F)n2)cc1)c1cccc(F)c1. The van der Waals surface area contributed by atoms with Gasteiger partial charge in [-0.2, -0.15) is 13.2 Å². The summed E-state index contributed by atoms with van der Waals surface area (Å²) in [5.41, 5.74) is 0.879. The first-order valence-electron chi connectivity index (χ1n) is 8.03. The van der Waals surface area contributed by atoms with E-state index in [4.69, 9.17) is 0 Å². The van der Waals surface area contributed by atoms with Gasteiger partial charge in [0, 0.05) is 11.3 Å². The Morgan fingerprint density at radius 3 is 2.41 bits per heavy atom. The van der Waals surface area contributed by atoms with Gasteiger partial charge in [-0.25, -0.2) is 4.39 Å². The average molecular weight is 408 g/mol. The molecule has 0 saturated carbocycles. The van der Waals surface area contributed by atoms with Crippen LogP contribution in [-0.2, 0) is 0 Å². The minimum Gasteiger partial charge on any atom is -0.340 e. The maximum atomic E-state index is 13.2. The van der Waals surface area contributed by atoms with Crippen molar-refractivity contribution in [2.24, 2.45) is 0 Å². The highest BCUT2D eigenvalue weighted by atomic mass is 19.4. The van der Waals surface area contributed by atoms with Crippen molar-refractivity contribution in [3.63, 3.8) is 0 Å². The highest BCUT2D eigenvalue weighted by Crippen LogP contribution is 2.14. The van der Waals surface area contributed by atoms with Crippen LogP contribution in [0.3, 0.4) is 0 Å². The molecule has 0 saturated heterocycles. The van der Waals surface area contributed by atoms with Crippen molar-refractivity contribution in [3.8, 4) is 5.69 Å². The highest BCUT2D eigenvalue weighted by molar-refractivity contribution is 6.04. The van der Waals surface area contributed by atoms with Gasteiger partial charge >= 0.3 is 6.18 Å². The van der Waals surface area contributed by atoms with E-state index in [1.54, 1.807) is 5.32 Å². The topological polar surface area (TPSA) is 102 Å². The molecule has 29 heavy (non-hydrogen) atoms. The van der Waals surface area contributed by atoms with Gasteiger partial charge in [0.1, 0.15) is 12.4 Å². The van der Waals surface area contributed by atoms with Gasteiger partial charge < -0.3 is 10.6 Å². The molecular weight excluding hydrogens is 396 g/mol. The molecule has 150 valence electrons. The third-order valence-electron chi connectivity index (χ3n) is 3.51. The number of hydrogen-bond acceptors (Lipinski definition) is 5. The van der Waals surface area contributed by atoms with Gasteiger partial charge in [-0.1, -0.05) is 6.07 Å². The van der Waals surface area contributed by atoms with Gasteiger partial charge in [0.2, 0.25) is 0 Å². The highest BCUT2D eigenvalue weighted by Gasteiger charge is 2.28. The number of nitrogens with zero attached hydrogens (tertiary/aromatic N) is 4. The van der Waals surface area contributed by atoms with Crippen LogP contribution in [0.5, 0.6) is 0 Å². The van der Waals surface area contributed by atoms with Gasteiger partial charge in [0.05, 0.1) is 5.69 Å². The molecule has 1 aromatic heterocycles. The molecule has 0 atom stereocenters. The Morgan fingerprint density at radius 1 is 1.03 bits per heavy atom. The number of carbonyl (C=O) groups is 2. The quantitative estimate of drug-likeness (QED) is 0.631. The number of alkyl halides is 3. The van der Waals surface area contributed by atoms with Crippen LogP contribution in [-0.4, -0.2) is 44.7 Å². The molecular formula is C17H12F4N6O2. The second kappa shape index (κ2) is 8.04. The van der Waals surface area contributed by atoms with Crippen molar-refractivity contribution < 1.29 is 27.2 Å². The van der Waals surface area contributed by atoms with E-state index in [0.717, 1.165) is 10.9 Å². The Morgan fingerprint density at radius 2 is 1.76 bits per heavy atom. The summed E-state index contributed by atoms with van der Waals surface area (Å²) >= 11 is 0. The smallest absolute Gasteiger partial charge is 0.340 e. The van der Waals surface area contributed by atoms with Gasteiger partial charge in [-0.15, -0.1) is 15.0 Å². The summed E-state index contributed by atoms with van der Waals surface area (Å²) in [5.74, 6) is -2.70. The lowest BCUT2D eigenvalue weighted by atomic mass is 10.2. The number of benzene rings is 2. The summed E-state index contributed by atoms with van der Waals surface area (Å²) in [4.78, 5) is 24.6. The molecule has 0 fully saturated rings. The Balaban J connectivity index is 1.65. The van der Waals surface area contributed by atoms with Crippen LogP contribution in [0.1, 0.15) is 21.0 Å². The number of amides is 2. The first-order chi connectivity index (χ1) is 13.7. The first-order valence-corrected chi connectivity index (χ1v) is 8.03. The molecule has 2 aromatic carbocycles. The van der Waals surface area contributed by atoms with Crippen LogP contribution in [0.4, 0.5) is 23.2 Å².